The van der Waals surface area contributed by atoms with E-state index in [9.17, 15) is 17.6 Å². The highest BCUT2D eigenvalue weighted by Crippen LogP contribution is 2.33. The lowest BCUT2D eigenvalue weighted by atomic mass is 9.98. The van der Waals surface area contributed by atoms with Crippen LogP contribution in [0.2, 0.25) is 5.02 Å². The number of carboxylic acid groups (broad SMARTS) is 1. The van der Waals surface area contributed by atoms with Gasteiger partial charge in [-0.2, -0.15) is 18.2 Å². The van der Waals surface area contributed by atoms with Crippen molar-refractivity contribution in [3.05, 3.63) is 45.0 Å². The molecular weight excluding hydrogens is 510 g/mol. The molecule has 2 aromatic rings. The number of aliphatic carboxylic acids is 1. The van der Waals surface area contributed by atoms with Gasteiger partial charge in [-0.15, -0.1) is 0 Å². The minimum absolute atomic E-state index is 0.235. The Labute approximate surface area is 188 Å². The Hall–Kier alpha value is -1.98. The average Bonchev–Trinajstić information content (AvgIpc) is 3.38. The molecule has 0 radical (unpaired) electrons. The third kappa shape index (κ3) is 6.75. The summed E-state index contributed by atoms with van der Waals surface area (Å²) in [6, 6.07) is 4.63. The number of alkyl halides is 3. The average molecular weight is 529 g/mol. The summed E-state index contributed by atoms with van der Waals surface area (Å²) in [6.07, 6.45) is -1.46. The highest BCUT2D eigenvalue weighted by molar-refractivity contribution is 9.10. The lowest BCUT2D eigenvalue weighted by Crippen LogP contribution is -2.28. The van der Waals surface area contributed by atoms with Crippen LogP contribution in [0.1, 0.15) is 44.4 Å². The standard InChI is InChI=1S/C17H18BrClFN3O.C2HF3O2/c1-9(15(21)14(20)10-4-2-3-5-10)17-22-16(23-24-17)12-7-6-11(18)8-13(12)19;3-2(4,5)1(6)7/h6-9,15H,2-5,21H2,1H3;(H,6,7)/t9?,15-;/m0./s1. The molecular formula is C19H19BrClF4N3O3. The zero-order chi connectivity index (χ0) is 23.3. The maximum atomic E-state index is 14.5. The van der Waals surface area contributed by atoms with E-state index >= 15 is 0 Å². The SMILES string of the molecule is CC(c1nc(-c2ccc(Br)cc2Cl)no1)[C@H](N)C(F)=C1CCCC1.O=C(O)C(F)(F)F. The predicted octanol–water partition coefficient (Wildman–Crippen LogP) is 6.01. The number of nitrogens with zero attached hydrogens (tertiary/aromatic N) is 2. The number of halogens is 6. The van der Waals surface area contributed by atoms with Gasteiger partial charge in [0.25, 0.3) is 0 Å². The van der Waals surface area contributed by atoms with Gasteiger partial charge >= 0.3 is 12.1 Å². The maximum Gasteiger partial charge on any atom is 0.490 e. The number of rotatable bonds is 4. The van der Waals surface area contributed by atoms with E-state index in [1.807, 2.05) is 6.07 Å². The Balaban J connectivity index is 0.000000423. The van der Waals surface area contributed by atoms with Crippen LogP contribution in [0, 0.1) is 0 Å². The molecule has 3 N–H and O–H groups in total. The fourth-order valence-corrected chi connectivity index (χ4v) is 3.61. The fraction of sp³-hybridized carbons (Fsp3) is 0.421. The highest BCUT2D eigenvalue weighted by Gasteiger charge is 2.38. The predicted molar refractivity (Wildman–Crippen MR) is 109 cm³/mol. The second-order valence-corrected chi connectivity index (χ2v) is 8.18. The minimum atomic E-state index is -5.08. The van der Waals surface area contributed by atoms with Crippen molar-refractivity contribution < 1.29 is 32.0 Å². The van der Waals surface area contributed by atoms with Crippen molar-refractivity contribution in [3.63, 3.8) is 0 Å². The van der Waals surface area contributed by atoms with E-state index in [1.54, 1.807) is 19.1 Å². The van der Waals surface area contributed by atoms with Crippen molar-refractivity contribution in [1.82, 2.24) is 10.1 Å². The number of hydrogen-bond acceptors (Lipinski definition) is 5. The number of carbonyl (C=O) groups is 1. The van der Waals surface area contributed by atoms with Gasteiger partial charge in [-0.25, -0.2) is 9.18 Å². The van der Waals surface area contributed by atoms with Crippen LogP contribution in [0.5, 0.6) is 0 Å². The van der Waals surface area contributed by atoms with Gasteiger partial charge < -0.3 is 15.4 Å². The molecule has 1 unspecified atom stereocenters. The zero-order valence-electron chi connectivity index (χ0n) is 16.2. The van der Waals surface area contributed by atoms with Crippen LogP contribution in [0.15, 0.2) is 38.6 Å². The van der Waals surface area contributed by atoms with Gasteiger partial charge in [0.05, 0.1) is 17.0 Å². The Bertz CT molecular complexity index is 957. The number of hydrogen-bond donors (Lipinski definition) is 2. The quantitative estimate of drug-likeness (QED) is 0.471. The first-order valence-corrected chi connectivity index (χ1v) is 10.3. The summed E-state index contributed by atoms with van der Waals surface area (Å²) in [5.74, 6) is -2.72. The molecule has 0 saturated heterocycles. The summed E-state index contributed by atoms with van der Waals surface area (Å²) in [4.78, 5) is 13.3. The summed E-state index contributed by atoms with van der Waals surface area (Å²) >= 11 is 9.56. The minimum Gasteiger partial charge on any atom is -0.475 e. The van der Waals surface area contributed by atoms with E-state index in [2.05, 4.69) is 26.1 Å². The molecule has 1 aromatic carbocycles. The molecule has 0 amide bonds. The van der Waals surface area contributed by atoms with Crippen molar-refractivity contribution in [2.75, 3.05) is 0 Å². The molecule has 3 rings (SSSR count). The molecule has 1 heterocycles. The van der Waals surface area contributed by atoms with E-state index < -0.39 is 24.1 Å². The topological polar surface area (TPSA) is 102 Å². The van der Waals surface area contributed by atoms with Gasteiger partial charge in [0.1, 0.15) is 5.83 Å². The molecule has 1 aliphatic carbocycles. The van der Waals surface area contributed by atoms with E-state index in [0.29, 0.717) is 22.3 Å². The van der Waals surface area contributed by atoms with Crippen LogP contribution in [0.3, 0.4) is 0 Å². The van der Waals surface area contributed by atoms with Gasteiger partial charge in [0.2, 0.25) is 11.7 Å². The summed E-state index contributed by atoms with van der Waals surface area (Å²) in [6.45, 7) is 1.79. The molecule has 1 fully saturated rings. The maximum absolute atomic E-state index is 14.5. The summed E-state index contributed by atoms with van der Waals surface area (Å²) in [5, 5.41) is 11.6. The first-order chi connectivity index (χ1) is 14.4. The molecule has 170 valence electrons. The summed E-state index contributed by atoms with van der Waals surface area (Å²) in [5.41, 5.74) is 7.56. The highest BCUT2D eigenvalue weighted by atomic mass is 79.9. The van der Waals surface area contributed by atoms with E-state index in [1.165, 1.54) is 0 Å². The first kappa shape index (κ1) is 25.3. The summed E-state index contributed by atoms with van der Waals surface area (Å²) < 4.78 is 52.4. The number of benzene rings is 1. The van der Waals surface area contributed by atoms with Crippen LogP contribution < -0.4 is 5.73 Å². The Morgan fingerprint density at radius 1 is 1.32 bits per heavy atom. The molecule has 2 atom stereocenters. The van der Waals surface area contributed by atoms with Gasteiger partial charge in [-0.3, -0.25) is 0 Å². The monoisotopic (exact) mass is 527 g/mol. The van der Waals surface area contributed by atoms with Gasteiger partial charge in [-0.1, -0.05) is 39.6 Å². The molecule has 0 spiro atoms. The second kappa shape index (κ2) is 10.6. The molecule has 1 aliphatic rings. The van der Waals surface area contributed by atoms with Gasteiger partial charge in [0.15, 0.2) is 0 Å². The molecule has 31 heavy (non-hydrogen) atoms. The smallest absolute Gasteiger partial charge is 0.475 e. The van der Waals surface area contributed by atoms with Crippen LogP contribution in [0.4, 0.5) is 17.6 Å². The number of carboxylic acids is 1. The van der Waals surface area contributed by atoms with Crippen molar-refractivity contribution >= 4 is 33.5 Å². The molecule has 1 saturated carbocycles. The Morgan fingerprint density at radius 2 is 1.90 bits per heavy atom. The van der Waals surface area contributed by atoms with Crippen LogP contribution in [-0.4, -0.2) is 33.4 Å². The molecule has 6 nitrogen and oxygen atoms in total. The number of aromatic nitrogens is 2. The molecule has 0 bridgehead atoms. The largest absolute Gasteiger partial charge is 0.490 e. The zero-order valence-corrected chi connectivity index (χ0v) is 18.6. The fourth-order valence-electron chi connectivity index (χ4n) is 2.85. The third-order valence-electron chi connectivity index (χ3n) is 4.62. The van der Waals surface area contributed by atoms with Crippen LogP contribution >= 0.6 is 27.5 Å². The second-order valence-electron chi connectivity index (χ2n) is 6.86. The van der Waals surface area contributed by atoms with E-state index in [-0.39, 0.29) is 5.83 Å². The molecule has 1 aromatic heterocycles. The van der Waals surface area contributed by atoms with Crippen LogP contribution in [-0.2, 0) is 4.79 Å². The lowest BCUT2D eigenvalue weighted by molar-refractivity contribution is -0.192. The van der Waals surface area contributed by atoms with Gasteiger partial charge in [0, 0.05) is 10.0 Å². The van der Waals surface area contributed by atoms with Crippen molar-refractivity contribution in [2.45, 2.75) is 50.7 Å². The van der Waals surface area contributed by atoms with Crippen LogP contribution in [0.25, 0.3) is 11.4 Å². The van der Waals surface area contributed by atoms with Crippen molar-refractivity contribution in [2.24, 2.45) is 5.73 Å². The van der Waals surface area contributed by atoms with Crippen molar-refractivity contribution in [3.8, 4) is 11.4 Å². The Morgan fingerprint density at radius 3 is 2.42 bits per heavy atom. The van der Waals surface area contributed by atoms with Crippen molar-refractivity contribution in [1.29, 1.82) is 0 Å². The number of allylic oxidation sites excluding steroid dienone is 1. The lowest BCUT2D eigenvalue weighted by Gasteiger charge is -2.16. The van der Waals surface area contributed by atoms with E-state index in [4.69, 9.17) is 31.8 Å². The summed E-state index contributed by atoms with van der Waals surface area (Å²) in [7, 11) is 0. The van der Waals surface area contributed by atoms with E-state index in [0.717, 1.165) is 35.7 Å². The molecule has 12 heteroatoms. The Kier molecular flexibility index (Phi) is 8.61. The number of nitrogens with two attached hydrogens (primary N) is 1. The third-order valence-corrected chi connectivity index (χ3v) is 5.43. The van der Waals surface area contributed by atoms with Gasteiger partial charge in [-0.05, 0) is 49.5 Å². The first-order valence-electron chi connectivity index (χ1n) is 9.14. The normalized spacial score (nSPS) is 15.8. The molecule has 0 aliphatic heterocycles.